The number of nitrogens with zero attached hydrogens (tertiary/aromatic N) is 1. The van der Waals surface area contributed by atoms with Gasteiger partial charge in [-0.3, -0.25) is 0 Å². The van der Waals surface area contributed by atoms with Crippen LogP contribution in [0.15, 0.2) is 17.7 Å². The number of hydrogen-bond acceptors (Lipinski definition) is 2. The van der Waals surface area contributed by atoms with Crippen molar-refractivity contribution in [1.82, 2.24) is 4.98 Å². The zero-order valence-corrected chi connectivity index (χ0v) is 6.32. The Labute approximate surface area is 63.0 Å². The summed E-state index contributed by atoms with van der Waals surface area (Å²) in [6, 6.07) is 0. The third-order valence-electron chi connectivity index (χ3n) is 0.801. The standard InChI is InChI=1S/C6H6ClNS/c7-3-1-2-6-8-4-5-9-6/h1-2,4-5H,3H2/b2-1+. The first kappa shape index (κ1) is 6.78. The molecule has 0 aliphatic heterocycles. The van der Waals surface area contributed by atoms with Crippen LogP contribution in [0.5, 0.6) is 0 Å². The van der Waals surface area contributed by atoms with Crippen molar-refractivity contribution in [2.75, 3.05) is 5.88 Å². The summed E-state index contributed by atoms with van der Waals surface area (Å²) < 4.78 is 0. The first-order valence-electron chi connectivity index (χ1n) is 2.55. The summed E-state index contributed by atoms with van der Waals surface area (Å²) in [6.07, 6.45) is 5.57. The van der Waals surface area contributed by atoms with Gasteiger partial charge in [-0.05, 0) is 6.08 Å². The molecule has 0 aliphatic rings. The van der Waals surface area contributed by atoms with Gasteiger partial charge in [0.1, 0.15) is 5.01 Å². The Morgan fingerprint density at radius 3 is 3.22 bits per heavy atom. The molecule has 0 atom stereocenters. The van der Waals surface area contributed by atoms with E-state index in [4.69, 9.17) is 11.6 Å². The molecule has 3 heteroatoms. The van der Waals surface area contributed by atoms with E-state index in [1.807, 2.05) is 17.5 Å². The molecule has 1 nitrogen and oxygen atoms in total. The van der Waals surface area contributed by atoms with Crippen LogP contribution >= 0.6 is 22.9 Å². The molecule has 1 aromatic rings. The molecule has 48 valence electrons. The molecule has 0 N–H and O–H groups in total. The Morgan fingerprint density at radius 1 is 1.78 bits per heavy atom. The van der Waals surface area contributed by atoms with Gasteiger partial charge in [0, 0.05) is 17.5 Å². The van der Waals surface area contributed by atoms with Crippen molar-refractivity contribution in [2.45, 2.75) is 0 Å². The Bertz CT molecular complexity index is 181. The van der Waals surface area contributed by atoms with Crippen LogP contribution in [0.1, 0.15) is 5.01 Å². The van der Waals surface area contributed by atoms with Crippen LogP contribution in [-0.4, -0.2) is 10.9 Å². The molecule has 0 bridgehead atoms. The lowest BCUT2D eigenvalue weighted by Gasteiger charge is -1.76. The quantitative estimate of drug-likeness (QED) is 0.604. The molecule has 0 aromatic carbocycles. The van der Waals surface area contributed by atoms with E-state index >= 15 is 0 Å². The molecule has 0 spiro atoms. The average Bonchev–Trinajstić information content (AvgIpc) is 2.34. The summed E-state index contributed by atoms with van der Waals surface area (Å²) >= 11 is 7.01. The summed E-state index contributed by atoms with van der Waals surface area (Å²) in [5.41, 5.74) is 0. The Hall–Kier alpha value is -0.340. The van der Waals surface area contributed by atoms with E-state index in [9.17, 15) is 0 Å². The van der Waals surface area contributed by atoms with Gasteiger partial charge in [0.15, 0.2) is 0 Å². The van der Waals surface area contributed by atoms with Crippen molar-refractivity contribution in [3.63, 3.8) is 0 Å². The zero-order valence-electron chi connectivity index (χ0n) is 4.75. The van der Waals surface area contributed by atoms with Crippen molar-refractivity contribution in [3.05, 3.63) is 22.7 Å². The summed E-state index contributed by atoms with van der Waals surface area (Å²) in [4.78, 5) is 4.03. The summed E-state index contributed by atoms with van der Waals surface area (Å²) in [5.74, 6) is 0.555. The van der Waals surface area contributed by atoms with Gasteiger partial charge in [-0.2, -0.15) is 0 Å². The van der Waals surface area contributed by atoms with Gasteiger partial charge in [0.25, 0.3) is 0 Å². The predicted octanol–water partition coefficient (Wildman–Crippen LogP) is 2.40. The highest BCUT2D eigenvalue weighted by Gasteiger charge is 1.83. The molecule has 1 aromatic heterocycles. The number of allylic oxidation sites excluding steroid dienone is 1. The van der Waals surface area contributed by atoms with Gasteiger partial charge in [-0.1, -0.05) is 6.08 Å². The van der Waals surface area contributed by atoms with Crippen LogP contribution in [0.3, 0.4) is 0 Å². The van der Waals surface area contributed by atoms with E-state index in [1.54, 1.807) is 17.5 Å². The summed E-state index contributed by atoms with van der Waals surface area (Å²) in [7, 11) is 0. The molecule has 0 saturated carbocycles. The van der Waals surface area contributed by atoms with Gasteiger partial charge in [-0.15, -0.1) is 22.9 Å². The van der Waals surface area contributed by atoms with E-state index in [2.05, 4.69) is 4.98 Å². The Morgan fingerprint density at radius 2 is 2.67 bits per heavy atom. The maximum Gasteiger partial charge on any atom is 0.115 e. The molecule has 0 amide bonds. The number of thiazole rings is 1. The van der Waals surface area contributed by atoms with E-state index in [1.165, 1.54) is 0 Å². The van der Waals surface area contributed by atoms with Crippen LogP contribution in [0.4, 0.5) is 0 Å². The normalized spacial score (nSPS) is 10.8. The largest absolute Gasteiger partial charge is 0.245 e. The second-order valence-electron chi connectivity index (χ2n) is 1.43. The minimum atomic E-state index is 0.555. The number of halogens is 1. The lowest BCUT2D eigenvalue weighted by molar-refractivity contribution is 1.39. The topological polar surface area (TPSA) is 12.9 Å². The number of alkyl halides is 1. The van der Waals surface area contributed by atoms with Crippen molar-refractivity contribution in [2.24, 2.45) is 0 Å². The SMILES string of the molecule is ClC/C=C/c1nccs1. The fraction of sp³-hybridized carbons (Fsp3) is 0.167. The predicted molar refractivity (Wildman–Crippen MR) is 41.9 cm³/mol. The highest BCUT2D eigenvalue weighted by Crippen LogP contribution is 2.05. The third kappa shape index (κ3) is 2.16. The highest BCUT2D eigenvalue weighted by atomic mass is 35.5. The number of aromatic nitrogens is 1. The Balaban J connectivity index is 2.57. The van der Waals surface area contributed by atoms with Crippen LogP contribution in [0, 0.1) is 0 Å². The molecule has 9 heavy (non-hydrogen) atoms. The first-order valence-corrected chi connectivity index (χ1v) is 3.97. The molecule has 0 unspecified atom stereocenters. The fourth-order valence-electron chi connectivity index (χ4n) is 0.462. The van der Waals surface area contributed by atoms with Crippen LogP contribution in [0.25, 0.3) is 6.08 Å². The molecule has 1 heterocycles. The lowest BCUT2D eigenvalue weighted by Crippen LogP contribution is -1.64. The van der Waals surface area contributed by atoms with Crippen molar-refractivity contribution in [3.8, 4) is 0 Å². The van der Waals surface area contributed by atoms with Crippen molar-refractivity contribution < 1.29 is 0 Å². The number of hydrogen-bond donors (Lipinski definition) is 0. The van der Waals surface area contributed by atoms with E-state index in [0.29, 0.717) is 5.88 Å². The minimum Gasteiger partial charge on any atom is -0.245 e. The first-order chi connectivity index (χ1) is 4.43. The summed E-state index contributed by atoms with van der Waals surface area (Å²) in [5, 5.41) is 2.95. The zero-order chi connectivity index (χ0) is 6.53. The summed E-state index contributed by atoms with van der Waals surface area (Å²) in [6.45, 7) is 0. The van der Waals surface area contributed by atoms with Gasteiger partial charge in [-0.25, -0.2) is 4.98 Å². The monoisotopic (exact) mass is 159 g/mol. The van der Waals surface area contributed by atoms with E-state index < -0.39 is 0 Å². The maximum absolute atomic E-state index is 5.41. The molecular formula is C6H6ClNS. The molecule has 1 rings (SSSR count). The Kier molecular flexibility index (Phi) is 2.74. The van der Waals surface area contributed by atoms with Crippen molar-refractivity contribution in [1.29, 1.82) is 0 Å². The molecule has 0 fully saturated rings. The van der Waals surface area contributed by atoms with E-state index in [-0.39, 0.29) is 0 Å². The van der Waals surface area contributed by atoms with Crippen molar-refractivity contribution >= 4 is 29.0 Å². The van der Waals surface area contributed by atoms with Crippen LogP contribution < -0.4 is 0 Å². The number of rotatable bonds is 2. The average molecular weight is 160 g/mol. The second kappa shape index (κ2) is 3.64. The molecule has 0 radical (unpaired) electrons. The smallest absolute Gasteiger partial charge is 0.115 e. The molecule has 0 aliphatic carbocycles. The third-order valence-corrected chi connectivity index (χ3v) is 1.72. The van der Waals surface area contributed by atoms with E-state index in [0.717, 1.165) is 5.01 Å². The highest BCUT2D eigenvalue weighted by molar-refractivity contribution is 7.10. The van der Waals surface area contributed by atoms with Gasteiger partial charge in [0.05, 0.1) is 0 Å². The van der Waals surface area contributed by atoms with Gasteiger partial charge in [0.2, 0.25) is 0 Å². The van der Waals surface area contributed by atoms with Crippen LogP contribution in [-0.2, 0) is 0 Å². The fourth-order valence-corrected chi connectivity index (χ4v) is 1.11. The second-order valence-corrected chi connectivity index (χ2v) is 2.66. The molecular weight excluding hydrogens is 154 g/mol. The van der Waals surface area contributed by atoms with Gasteiger partial charge >= 0.3 is 0 Å². The maximum atomic E-state index is 5.41. The van der Waals surface area contributed by atoms with Crippen LogP contribution in [0.2, 0.25) is 0 Å². The molecule has 0 saturated heterocycles. The van der Waals surface area contributed by atoms with Gasteiger partial charge < -0.3 is 0 Å². The lowest BCUT2D eigenvalue weighted by atomic mass is 10.5. The minimum absolute atomic E-state index is 0.555.